The van der Waals surface area contributed by atoms with Gasteiger partial charge in [-0.1, -0.05) is 243 Å². The fourth-order valence-corrected chi connectivity index (χ4v) is 7.80. The average molecular weight is 871 g/mol. The van der Waals surface area contributed by atoms with Gasteiger partial charge in [-0.25, -0.2) is 0 Å². The third kappa shape index (κ3) is 48.7. The Bertz CT molecular complexity index is 1050. The highest BCUT2D eigenvalue weighted by Gasteiger charge is 2.19. The van der Waals surface area contributed by atoms with E-state index in [0.29, 0.717) is 19.3 Å². The highest BCUT2D eigenvalue weighted by molar-refractivity contribution is 5.71. The number of ether oxygens (including phenoxy) is 3. The van der Waals surface area contributed by atoms with Gasteiger partial charge in [-0.2, -0.15) is 0 Å². The summed E-state index contributed by atoms with van der Waals surface area (Å²) >= 11 is 0. The number of carbonyl (C=O) groups excluding carboxylic acids is 3. The van der Waals surface area contributed by atoms with Crippen molar-refractivity contribution in [2.75, 3.05) is 13.2 Å². The molecular weight excluding hydrogens is 769 g/mol. The van der Waals surface area contributed by atoms with Crippen molar-refractivity contribution in [1.82, 2.24) is 0 Å². The van der Waals surface area contributed by atoms with E-state index in [1.54, 1.807) is 0 Å². The Morgan fingerprint density at radius 2 is 0.581 bits per heavy atom. The van der Waals surface area contributed by atoms with Crippen molar-refractivity contribution in [3.63, 3.8) is 0 Å². The van der Waals surface area contributed by atoms with Gasteiger partial charge >= 0.3 is 17.9 Å². The van der Waals surface area contributed by atoms with Crippen molar-refractivity contribution < 1.29 is 28.6 Å². The van der Waals surface area contributed by atoms with Gasteiger partial charge in [0.1, 0.15) is 13.2 Å². The molecule has 0 radical (unpaired) electrons. The van der Waals surface area contributed by atoms with E-state index in [2.05, 4.69) is 57.2 Å². The number of hydrogen-bond acceptors (Lipinski definition) is 6. The van der Waals surface area contributed by atoms with E-state index in [9.17, 15) is 14.4 Å². The Hall–Kier alpha value is -2.37. The summed E-state index contributed by atoms with van der Waals surface area (Å²) in [6.07, 6.45) is 60.1. The molecule has 0 heterocycles. The molecule has 0 rings (SSSR count). The van der Waals surface area contributed by atoms with Crippen LogP contribution in [0.1, 0.15) is 284 Å². The lowest BCUT2D eigenvalue weighted by Gasteiger charge is -2.18. The largest absolute Gasteiger partial charge is 0.462 e. The second-order valence-corrected chi connectivity index (χ2v) is 18.2. The molecule has 1 atom stereocenters. The van der Waals surface area contributed by atoms with Crippen LogP contribution in [0.2, 0.25) is 0 Å². The smallest absolute Gasteiger partial charge is 0.306 e. The summed E-state index contributed by atoms with van der Waals surface area (Å²) in [5.41, 5.74) is 0. The molecule has 0 amide bonds. The minimum Gasteiger partial charge on any atom is -0.462 e. The van der Waals surface area contributed by atoms with Gasteiger partial charge in [-0.05, 0) is 57.8 Å². The maximum absolute atomic E-state index is 12.7. The Balaban J connectivity index is 4.12. The number of rotatable bonds is 49. The van der Waals surface area contributed by atoms with Crippen LogP contribution >= 0.6 is 0 Å². The number of hydrogen-bond donors (Lipinski definition) is 0. The lowest BCUT2D eigenvalue weighted by atomic mass is 10.0. The molecular formula is C56H102O6. The second-order valence-electron chi connectivity index (χ2n) is 18.2. The first kappa shape index (κ1) is 59.6. The summed E-state index contributed by atoms with van der Waals surface area (Å²) in [6, 6.07) is 0. The monoisotopic (exact) mass is 871 g/mol. The molecule has 0 aliphatic rings. The molecule has 0 fully saturated rings. The number of esters is 3. The van der Waals surface area contributed by atoms with E-state index >= 15 is 0 Å². The minimum atomic E-state index is -0.766. The summed E-state index contributed by atoms with van der Waals surface area (Å²) < 4.78 is 16.7. The topological polar surface area (TPSA) is 78.9 Å². The summed E-state index contributed by atoms with van der Waals surface area (Å²) in [7, 11) is 0. The van der Waals surface area contributed by atoms with E-state index < -0.39 is 6.10 Å². The normalized spacial score (nSPS) is 12.2. The molecule has 0 aliphatic carbocycles. The Morgan fingerprint density at radius 1 is 0.323 bits per heavy atom. The fraction of sp³-hybridized carbons (Fsp3) is 0.839. The lowest BCUT2D eigenvalue weighted by molar-refractivity contribution is -0.167. The number of allylic oxidation sites excluding steroid dienone is 6. The maximum atomic E-state index is 12.7. The highest BCUT2D eigenvalue weighted by Crippen LogP contribution is 2.16. The molecule has 0 aromatic rings. The van der Waals surface area contributed by atoms with Crippen LogP contribution in [0.15, 0.2) is 36.5 Å². The van der Waals surface area contributed by atoms with E-state index in [-0.39, 0.29) is 31.1 Å². The van der Waals surface area contributed by atoms with Gasteiger partial charge in [0.05, 0.1) is 0 Å². The first-order valence-corrected chi connectivity index (χ1v) is 27.0. The summed E-state index contributed by atoms with van der Waals surface area (Å²) in [5, 5.41) is 0. The van der Waals surface area contributed by atoms with E-state index in [1.807, 2.05) is 0 Å². The zero-order chi connectivity index (χ0) is 45.1. The molecule has 0 saturated carbocycles. The van der Waals surface area contributed by atoms with Gasteiger partial charge in [0, 0.05) is 19.3 Å². The summed E-state index contributed by atoms with van der Waals surface area (Å²) in [4.78, 5) is 37.8. The zero-order valence-corrected chi connectivity index (χ0v) is 41.4. The van der Waals surface area contributed by atoms with Crippen molar-refractivity contribution in [2.24, 2.45) is 0 Å². The van der Waals surface area contributed by atoms with Gasteiger partial charge in [-0.3, -0.25) is 14.4 Å². The average Bonchev–Trinajstić information content (AvgIpc) is 3.27. The van der Waals surface area contributed by atoms with Crippen LogP contribution in [-0.2, 0) is 28.6 Å². The minimum absolute atomic E-state index is 0.0700. The molecule has 0 aromatic carbocycles. The molecule has 6 heteroatoms. The zero-order valence-electron chi connectivity index (χ0n) is 41.4. The summed E-state index contributed by atoms with van der Waals surface area (Å²) in [6.45, 7) is 6.60. The lowest BCUT2D eigenvalue weighted by Crippen LogP contribution is -2.30. The van der Waals surface area contributed by atoms with Gasteiger partial charge in [0.15, 0.2) is 6.10 Å². The Morgan fingerprint density at radius 3 is 0.903 bits per heavy atom. The third-order valence-electron chi connectivity index (χ3n) is 11.9. The van der Waals surface area contributed by atoms with Gasteiger partial charge in [-0.15, -0.1) is 0 Å². The van der Waals surface area contributed by atoms with Gasteiger partial charge in [0.2, 0.25) is 0 Å². The predicted molar refractivity (Wildman–Crippen MR) is 266 cm³/mol. The van der Waals surface area contributed by atoms with Crippen molar-refractivity contribution in [3.8, 4) is 0 Å². The van der Waals surface area contributed by atoms with Crippen LogP contribution in [0.4, 0.5) is 0 Å². The van der Waals surface area contributed by atoms with Crippen molar-refractivity contribution in [3.05, 3.63) is 36.5 Å². The molecule has 362 valence electrons. The van der Waals surface area contributed by atoms with E-state index in [1.165, 1.54) is 173 Å². The van der Waals surface area contributed by atoms with Crippen molar-refractivity contribution in [2.45, 2.75) is 290 Å². The molecule has 0 saturated heterocycles. The quantitative estimate of drug-likeness (QED) is 0.0262. The van der Waals surface area contributed by atoms with Crippen molar-refractivity contribution in [1.29, 1.82) is 0 Å². The van der Waals surface area contributed by atoms with E-state index in [0.717, 1.165) is 70.6 Å². The predicted octanol–water partition coefficient (Wildman–Crippen LogP) is 17.7. The van der Waals surface area contributed by atoms with Crippen LogP contribution in [0, 0.1) is 0 Å². The highest BCUT2D eigenvalue weighted by atomic mass is 16.6. The van der Waals surface area contributed by atoms with Crippen LogP contribution in [0.3, 0.4) is 0 Å². The molecule has 0 aliphatic heterocycles. The first-order chi connectivity index (χ1) is 30.5. The standard InChI is InChI=1S/C56H102O6/c1-4-7-10-13-16-18-20-22-23-24-25-26-27-28-29-30-31-32-33-34-36-37-40-43-46-49-55(58)61-52-53(51-60-54(57)48-45-42-39-15-12-9-6-3)62-56(59)50-47-44-41-38-35-21-19-17-14-11-8-5-2/h20,22,24-25,27-28,53H,4-19,21,23,26,29-52H2,1-3H3/b22-20-,25-24-,28-27-. The first-order valence-electron chi connectivity index (χ1n) is 27.0. The molecule has 62 heavy (non-hydrogen) atoms. The molecule has 0 N–H and O–H groups in total. The number of carbonyl (C=O) groups is 3. The molecule has 1 unspecified atom stereocenters. The number of unbranched alkanes of at least 4 members (excludes halogenated alkanes) is 32. The van der Waals surface area contributed by atoms with Gasteiger partial charge in [0.25, 0.3) is 0 Å². The summed E-state index contributed by atoms with van der Waals surface area (Å²) in [5.74, 6) is -0.870. The van der Waals surface area contributed by atoms with E-state index in [4.69, 9.17) is 14.2 Å². The molecule has 0 spiro atoms. The van der Waals surface area contributed by atoms with Crippen molar-refractivity contribution >= 4 is 17.9 Å². The van der Waals surface area contributed by atoms with Crippen LogP contribution in [0.25, 0.3) is 0 Å². The molecule has 0 aromatic heterocycles. The Labute approximate surface area is 385 Å². The fourth-order valence-electron chi connectivity index (χ4n) is 7.80. The second kappa shape index (κ2) is 51.3. The van der Waals surface area contributed by atoms with Gasteiger partial charge < -0.3 is 14.2 Å². The SMILES string of the molecule is CCCCCCC/C=C\C/C=C\C/C=C\CCCCCCCCCCCCC(=O)OCC(COC(=O)CCCCCCCCC)OC(=O)CCCCCCCCCCCCCC. The molecule has 0 bridgehead atoms. The molecule has 6 nitrogen and oxygen atoms in total. The Kier molecular flexibility index (Phi) is 49.3. The van der Waals surface area contributed by atoms with Crippen LogP contribution < -0.4 is 0 Å². The van der Waals surface area contributed by atoms with Crippen LogP contribution in [-0.4, -0.2) is 37.2 Å². The maximum Gasteiger partial charge on any atom is 0.306 e. The van der Waals surface area contributed by atoms with Crippen LogP contribution in [0.5, 0.6) is 0 Å². The third-order valence-corrected chi connectivity index (χ3v) is 11.9.